The standard InChI is InChI=1S/C16H22O2.C16H24O.C14H20O2.2C10H16O2.C9H14O2.2C2H6/c1-6-7(2)9-3-8(6)13-10-4-11(14(9)13)15-12(10)5-18-16(15)17;1-8-6-9(2)15-13-7-12(14(8)15)11-4-5-17-10(3)16(11)13;1-6-3-7(2)12-9-4-8(11(6)12)10-5-16-14(15)13(9)10;1-6-3-7(2)9-5-12-10(11)4-8(6)9;1-6-5-7(2)9-8(6)3-4-12-10(9)11;1-5-3-6(2)8-7(5)4-11-9(8)10;2*1-2/h6-15H,3-5H2,1-2H3;8-9,11-16H,3-7H2,1-2H3;6-13H,3-5H2,1-2H3;2*6-9H,3-5H2,1-2H3;5-8H,3-4H2,1-2H3;2*1-2H3. The summed E-state index contributed by atoms with van der Waals surface area (Å²) in [5.41, 5.74) is 0. The number of esters is 5. The van der Waals surface area contributed by atoms with Gasteiger partial charge in [-0.2, -0.15) is 0 Å². The molecule has 13 aliphatic carbocycles. The normalized spacial score (nSPS) is 54.5. The molecule has 11 nitrogen and oxygen atoms in total. The predicted octanol–water partition coefficient (Wildman–Crippen LogP) is 15.8. The molecule has 13 saturated carbocycles. The maximum atomic E-state index is 12.0. The summed E-state index contributed by atoms with van der Waals surface area (Å²) in [6.45, 7) is 44.7. The zero-order chi connectivity index (χ0) is 64.4. The summed E-state index contributed by atoms with van der Waals surface area (Å²) < 4.78 is 31.6. The molecular weight excluding hydrogens is 1120 g/mol. The molecular formula is C79H124O11. The van der Waals surface area contributed by atoms with Gasteiger partial charge >= 0.3 is 29.8 Å². The fourth-order valence-corrected chi connectivity index (χ4v) is 28.1. The molecule has 19 fully saturated rings. The highest BCUT2D eigenvalue weighted by Gasteiger charge is 2.72. The molecule has 0 amide bonds. The van der Waals surface area contributed by atoms with E-state index in [1.54, 1.807) is 0 Å². The molecule has 0 aromatic rings. The molecule has 0 N–H and O–H groups in total. The van der Waals surface area contributed by atoms with Gasteiger partial charge < -0.3 is 28.4 Å². The fraction of sp³-hybridized carbons (Fsp3) is 0.911. The molecule has 11 heteroatoms. The number of rotatable bonds is 0. The van der Waals surface area contributed by atoms with Crippen molar-refractivity contribution in [3.8, 4) is 0 Å². The number of allylic oxidation sites excluding steroid dienone is 1. The zero-order valence-electron chi connectivity index (χ0n) is 58.9. The maximum absolute atomic E-state index is 12.0. The minimum absolute atomic E-state index is 0.0113. The molecule has 8 bridgehead atoms. The van der Waals surface area contributed by atoms with Crippen LogP contribution in [0.4, 0.5) is 0 Å². The van der Waals surface area contributed by atoms with E-state index in [9.17, 15) is 24.0 Å². The monoisotopic (exact) mass is 1250 g/mol. The van der Waals surface area contributed by atoms with E-state index >= 15 is 0 Å². The van der Waals surface area contributed by atoms with E-state index in [0.717, 1.165) is 168 Å². The van der Waals surface area contributed by atoms with E-state index < -0.39 is 0 Å². The van der Waals surface area contributed by atoms with Crippen LogP contribution in [0.5, 0.6) is 0 Å². The SMILES string of the molecule is C=C1OCCC2C3CC(C12)C1C(C)CC(C)C31.CC.CC.CC1C(C)C2CC1C1C3CC(C4C(=O)OCC34)C21.CC1CC(C)C2C(=O)OCC12.CC1CC(C)C2C(=O)OCCC12.CC1CC(C)C2C3CC(C4COC(=O)C43)C12.CC1CC(C)C2CC(=O)OCC12. The van der Waals surface area contributed by atoms with Crippen molar-refractivity contribution in [2.24, 2.45) is 225 Å². The van der Waals surface area contributed by atoms with E-state index in [1.165, 1.54) is 64.2 Å². The lowest BCUT2D eigenvalue weighted by molar-refractivity contribution is -0.157. The van der Waals surface area contributed by atoms with Crippen LogP contribution in [0.2, 0.25) is 0 Å². The second kappa shape index (κ2) is 26.5. The molecule has 19 aliphatic rings. The van der Waals surface area contributed by atoms with Crippen molar-refractivity contribution in [2.45, 2.75) is 188 Å². The van der Waals surface area contributed by atoms with E-state index in [0.29, 0.717) is 103 Å². The van der Waals surface area contributed by atoms with E-state index in [2.05, 4.69) is 89.7 Å². The van der Waals surface area contributed by atoms with Gasteiger partial charge in [-0.25, -0.2) is 0 Å². The van der Waals surface area contributed by atoms with Gasteiger partial charge in [0.2, 0.25) is 0 Å². The van der Waals surface area contributed by atoms with Crippen molar-refractivity contribution >= 4 is 29.8 Å². The van der Waals surface area contributed by atoms with Gasteiger partial charge in [0.15, 0.2) is 0 Å². The van der Waals surface area contributed by atoms with Crippen LogP contribution in [0.15, 0.2) is 12.3 Å². The number of carbonyl (C=O) groups is 5. The van der Waals surface area contributed by atoms with Crippen LogP contribution in [-0.4, -0.2) is 69.5 Å². The lowest BCUT2D eigenvalue weighted by Gasteiger charge is -2.43. The molecule has 6 saturated heterocycles. The second-order valence-electron chi connectivity index (χ2n) is 34.5. The van der Waals surface area contributed by atoms with Crippen LogP contribution < -0.4 is 0 Å². The van der Waals surface area contributed by atoms with Gasteiger partial charge in [-0.3, -0.25) is 24.0 Å². The van der Waals surface area contributed by atoms with Crippen molar-refractivity contribution in [3.63, 3.8) is 0 Å². The summed E-state index contributed by atoms with van der Waals surface area (Å²) in [6, 6.07) is 0. The Morgan fingerprint density at radius 2 is 0.622 bits per heavy atom. The Balaban J connectivity index is 0.000000104. The Morgan fingerprint density at radius 3 is 1.16 bits per heavy atom. The Kier molecular flexibility index (Phi) is 19.7. The van der Waals surface area contributed by atoms with Gasteiger partial charge in [0.1, 0.15) is 0 Å². The molecule has 0 spiro atoms. The average Bonchev–Trinajstić information content (AvgIpc) is 1.53. The zero-order valence-corrected chi connectivity index (χ0v) is 58.9. The lowest BCUT2D eigenvalue weighted by atomic mass is 9.60. The molecule has 0 radical (unpaired) electrons. The second-order valence-corrected chi connectivity index (χ2v) is 34.5. The minimum atomic E-state index is 0.0113. The topological polar surface area (TPSA) is 141 Å². The largest absolute Gasteiger partial charge is 0.498 e. The highest BCUT2D eigenvalue weighted by atomic mass is 16.6. The number of hydrogen-bond donors (Lipinski definition) is 0. The number of ether oxygens (including phenoxy) is 6. The van der Waals surface area contributed by atoms with Crippen LogP contribution in [0.1, 0.15) is 188 Å². The third-order valence-electron chi connectivity index (χ3n) is 31.0. The Labute approximate surface area is 544 Å². The third-order valence-corrected chi connectivity index (χ3v) is 31.0. The maximum Gasteiger partial charge on any atom is 0.309 e. The number of fused-ring (bicyclic) bond motifs is 31. The van der Waals surface area contributed by atoms with Crippen LogP contribution >= 0.6 is 0 Å². The number of cyclic esters (lactones) is 5. The fourth-order valence-electron chi connectivity index (χ4n) is 28.1. The molecule has 19 rings (SSSR count). The first kappa shape index (κ1) is 66.9. The first-order chi connectivity index (χ1) is 43.1. The highest BCUT2D eigenvalue weighted by molar-refractivity contribution is 5.77. The predicted molar refractivity (Wildman–Crippen MR) is 349 cm³/mol. The van der Waals surface area contributed by atoms with E-state index in [4.69, 9.17) is 28.4 Å². The van der Waals surface area contributed by atoms with E-state index in [1.807, 2.05) is 27.7 Å². The number of hydrogen-bond acceptors (Lipinski definition) is 11. The first-order valence-electron chi connectivity index (χ1n) is 38.3. The van der Waals surface area contributed by atoms with Gasteiger partial charge in [0.05, 0.1) is 69.1 Å². The smallest absolute Gasteiger partial charge is 0.309 e. The molecule has 506 valence electrons. The highest BCUT2D eigenvalue weighted by Crippen LogP contribution is 2.74. The van der Waals surface area contributed by atoms with Gasteiger partial charge in [-0.1, -0.05) is 117 Å². The van der Waals surface area contributed by atoms with Gasteiger partial charge in [-0.05, 0) is 248 Å². The Hall–Kier alpha value is -3.11. The van der Waals surface area contributed by atoms with Crippen molar-refractivity contribution < 1.29 is 52.4 Å². The molecule has 6 aliphatic heterocycles. The Bertz CT molecular complexity index is 2610. The van der Waals surface area contributed by atoms with Crippen LogP contribution in [0.25, 0.3) is 0 Å². The van der Waals surface area contributed by atoms with Crippen molar-refractivity contribution in [3.05, 3.63) is 12.3 Å². The average molecular weight is 1250 g/mol. The van der Waals surface area contributed by atoms with Gasteiger partial charge in [0.25, 0.3) is 0 Å². The van der Waals surface area contributed by atoms with Crippen LogP contribution in [0, 0.1) is 225 Å². The molecule has 6 heterocycles. The third kappa shape index (κ3) is 11.0. The first-order valence-corrected chi connectivity index (χ1v) is 38.3. The molecule has 38 atom stereocenters. The minimum Gasteiger partial charge on any atom is -0.498 e. The van der Waals surface area contributed by atoms with Crippen molar-refractivity contribution in [1.82, 2.24) is 0 Å². The summed E-state index contributed by atoms with van der Waals surface area (Å²) in [5, 5.41) is 0. The van der Waals surface area contributed by atoms with Crippen LogP contribution in [-0.2, 0) is 52.4 Å². The van der Waals surface area contributed by atoms with E-state index in [-0.39, 0.29) is 41.7 Å². The van der Waals surface area contributed by atoms with Crippen LogP contribution in [0.3, 0.4) is 0 Å². The molecule has 38 unspecified atom stereocenters. The molecule has 90 heavy (non-hydrogen) atoms. The van der Waals surface area contributed by atoms with Crippen molar-refractivity contribution in [2.75, 3.05) is 39.6 Å². The summed E-state index contributed by atoms with van der Waals surface area (Å²) in [7, 11) is 0. The summed E-state index contributed by atoms with van der Waals surface area (Å²) in [6.07, 6.45) is 15.2. The lowest BCUT2D eigenvalue weighted by Crippen LogP contribution is -2.42. The van der Waals surface area contributed by atoms with Gasteiger partial charge in [0, 0.05) is 30.1 Å². The summed E-state index contributed by atoms with van der Waals surface area (Å²) in [4.78, 5) is 57.4. The summed E-state index contributed by atoms with van der Waals surface area (Å²) in [5.74, 6) is 29.7. The van der Waals surface area contributed by atoms with Gasteiger partial charge in [-0.15, -0.1) is 0 Å². The summed E-state index contributed by atoms with van der Waals surface area (Å²) >= 11 is 0. The van der Waals surface area contributed by atoms with Crippen molar-refractivity contribution in [1.29, 1.82) is 0 Å². The number of carbonyl (C=O) groups excluding carboxylic acids is 5. The Morgan fingerprint density at radius 1 is 0.278 bits per heavy atom. The molecule has 0 aromatic heterocycles. The quantitative estimate of drug-likeness (QED) is 0.130. The molecule has 0 aromatic carbocycles.